The fraction of sp³-hybridized carbons (Fsp3) is 0.235. The second kappa shape index (κ2) is 7.35. The lowest BCUT2D eigenvalue weighted by Gasteiger charge is -2.11. The molecule has 1 amide bonds. The number of nitrogens with zero attached hydrogens (tertiary/aromatic N) is 2. The molecule has 1 aromatic carbocycles. The van der Waals surface area contributed by atoms with Gasteiger partial charge >= 0.3 is 0 Å². The number of fused-ring (bicyclic) bond motifs is 1. The number of thiophene rings is 1. The third kappa shape index (κ3) is 3.63. The van der Waals surface area contributed by atoms with Gasteiger partial charge in [0.2, 0.25) is 5.91 Å². The Morgan fingerprint density at radius 3 is 2.80 bits per heavy atom. The number of rotatable bonds is 6. The van der Waals surface area contributed by atoms with Gasteiger partial charge in [-0.3, -0.25) is 14.2 Å². The van der Waals surface area contributed by atoms with Crippen molar-refractivity contribution in [3.05, 3.63) is 51.9 Å². The number of hydrogen-bond acceptors (Lipinski definition) is 6. The molecule has 0 aliphatic carbocycles. The van der Waals surface area contributed by atoms with Crippen LogP contribution in [0.1, 0.15) is 5.56 Å². The van der Waals surface area contributed by atoms with Crippen LogP contribution in [0, 0.1) is 0 Å². The van der Waals surface area contributed by atoms with Crippen molar-refractivity contribution in [1.82, 2.24) is 14.9 Å². The quantitative estimate of drug-likeness (QED) is 0.726. The second-order valence-corrected chi connectivity index (χ2v) is 6.18. The number of carbonyl (C=O) groups excluding carboxylic acids is 1. The molecule has 0 aliphatic rings. The average Bonchev–Trinajstić information content (AvgIpc) is 3.11. The van der Waals surface area contributed by atoms with E-state index in [1.807, 2.05) is 6.07 Å². The fourth-order valence-corrected chi connectivity index (χ4v) is 3.13. The van der Waals surface area contributed by atoms with Crippen LogP contribution in [0.15, 0.2) is 40.8 Å². The Bertz CT molecular complexity index is 964. The zero-order valence-corrected chi connectivity index (χ0v) is 14.6. The highest BCUT2D eigenvalue weighted by molar-refractivity contribution is 7.16. The van der Waals surface area contributed by atoms with Crippen LogP contribution in [0.5, 0.6) is 11.5 Å². The van der Waals surface area contributed by atoms with Crippen LogP contribution in [0.2, 0.25) is 0 Å². The molecule has 0 spiro atoms. The molecule has 0 aliphatic heterocycles. The molecular formula is C17H17N3O4S. The van der Waals surface area contributed by atoms with E-state index in [0.717, 1.165) is 5.56 Å². The van der Waals surface area contributed by atoms with Crippen molar-refractivity contribution in [3.8, 4) is 11.5 Å². The predicted molar refractivity (Wildman–Crippen MR) is 95.3 cm³/mol. The fourth-order valence-electron chi connectivity index (χ4n) is 2.41. The molecule has 2 aromatic heterocycles. The SMILES string of the molecule is COc1ccc(CNC(=O)Cn2cnc3sccc3c2=O)cc1OC. The van der Waals surface area contributed by atoms with E-state index in [1.165, 1.54) is 22.2 Å². The van der Waals surface area contributed by atoms with E-state index in [4.69, 9.17) is 9.47 Å². The molecule has 3 aromatic rings. The minimum absolute atomic E-state index is 0.0785. The monoisotopic (exact) mass is 359 g/mol. The van der Waals surface area contributed by atoms with Gasteiger partial charge in [-0.1, -0.05) is 6.07 Å². The smallest absolute Gasteiger partial charge is 0.262 e. The van der Waals surface area contributed by atoms with Crippen LogP contribution < -0.4 is 20.3 Å². The van der Waals surface area contributed by atoms with Crippen LogP contribution in [0.25, 0.3) is 10.2 Å². The summed E-state index contributed by atoms with van der Waals surface area (Å²) in [5.41, 5.74) is 0.650. The van der Waals surface area contributed by atoms with Gasteiger partial charge in [-0.25, -0.2) is 4.98 Å². The summed E-state index contributed by atoms with van der Waals surface area (Å²) in [6.07, 6.45) is 1.40. The zero-order chi connectivity index (χ0) is 17.8. The summed E-state index contributed by atoms with van der Waals surface area (Å²) in [5, 5.41) is 5.12. The van der Waals surface area contributed by atoms with Crippen molar-refractivity contribution in [2.75, 3.05) is 14.2 Å². The van der Waals surface area contributed by atoms with E-state index in [2.05, 4.69) is 10.3 Å². The standard InChI is InChI=1S/C17H17N3O4S/c1-23-13-4-3-11(7-14(13)24-2)8-18-15(21)9-20-10-19-16-12(17(20)22)5-6-25-16/h3-7,10H,8-9H2,1-2H3,(H,18,21). The maximum Gasteiger partial charge on any atom is 0.262 e. The average molecular weight is 359 g/mol. The van der Waals surface area contributed by atoms with E-state index in [9.17, 15) is 9.59 Å². The van der Waals surface area contributed by atoms with Gasteiger partial charge in [0.25, 0.3) is 5.56 Å². The molecule has 1 N–H and O–H groups in total. The number of amides is 1. The molecule has 0 bridgehead atoms. The minimum atomic E-state index is -0.270. The topological polar surface area (TPSA) is 82.5 Å². The maximum absolute atomic E-state index is 12.3. The highest BCUT2D eigenvalue weighted by atomic mass is 32.1. The first-order valence-electron chi connectivity index (χ1n) is 7.52. The first-order chi connectivity index (χ1) is 12.1. The van der Waals surface area contributed by atoms with Crippen molar-refractivity contribution in [3.63, 3.8) is 0 Å². The molecule has 0 radical (unpaired) electrons. The normalized spacial score (nSPS) is 10.6. The Labute approximate surface area is 147 Å². The molecular weight excluding hydrogens is 342 g/mol. The lowest BCUT2D eigenvalue weighted by atomic mass is 10.2. The molecule has 0 saturated carbocycles. The summed E-state index contributed by atoms with van der Waals surface area (Å²) in [6, 6.07) is 7.13. The van der Waals surface area contributed by atoms with Crippen molar-refractivity contribution in [1.29, 1.82) is 0 Å². The zero-order valence-electron chi connectivity index (χ0n) is 13.8. The molecule has 0 unspecified atom stereocenters. The Balaban J connectivity index is 1.66. The number of hydrogen-bond donors (Lipinski definition) is 1. The van der Waals surface area contributed by atoms with Gasteiger partial charge < -0.3 is 14.8 Å². The van der Waals surface area contributed by atoms with Crippen molar-refractivity contribution < 1.29 is 14.3 Å². The molecule has 25 heavy (non-hydrogen) atoms. The summed E-state index contributed by atoms with van der Waals surface area (Å²) in [7, 11) is 3.12. The predicted octanol–water partition coefficient (Wildman–Crippen LogP) is 1.79. The van der Waals surface area contributed by atoms with Crippen LogP contribution in [-0.2, 0) is 17.9 Å². The van der Waals surface area contributed by atoms with Crippen molar-refractivity contribution >= 4 is 27.5 Å². The first kappa shape index (κ1) is 17.0. The molecule has 7 nitrogen and oxygen atoms in total. The van der Waals surface area contributed by atoms with Gasteiger partial charge in [0.05, 0.1) is 25.9 Å². The molecule has 3 rings (SSSR count). The lowest BCUT2D eigenvalue weighted by Crippen LogP contribution is -2.32. The number of aromatic nitrogens is 2. The third-order valence-electron chi connectivity index (χ3n) is 3.70. The second-order valence-electron chi connectivity index (χ2n) is 5.28. The van der Waals surface area contributed by atoms with Crippen LogP contribution in [0.3, 0.4) is 0 Å². The summed E-state index contributed by atoms with van der Waals surface area (Å²) in [6.45, 7) is 0.243. The van der Waals surface area contributed by atoms with Crippen LogP contribution in [0.4, 0.5) is 0 Å². The minimum Gasteiger partial charge on any atom is -0.493 e. The van der Waals surface area contributed by atoms with Crippen molar-refractivity contribution in [2.45, 2.75) is 13.1 Å². The number of carbonyl (C=O) groups is 1. The Morgan fingerprint density at radius 1 is 1.24 bits per heavy atom. The molecule has 130 valence electrons. The number of ether oxygens (including phenoxy) is 2. The summed E-state index contributed by atoms with van der Waals surface area (Å²) in [4.78, 5) is 29.3. The number of nitrogens with one attached hydrogen (secondary N) is 1. The van der Waals surface area contributed by atoms with Crippen LogP contribution in [-0.4, -0.2) is 29.7 Å². The Hall–Kier alpha value is -2.87. The largest absolute Gasteiger partial charge is 0.493 e. The van der Waals surface area contributed by atoms with Crippen LogP contribution >= 0.6 is 11.3 Å². The van der Waals surface area contributed by atoms with E-state index in [-0.39, 0.29) is 18.0 Å². The number of methoxy groups -OCH3 is 2. The molecule has 2 heterocycles. The molecule has 0 fully saturated rings. The molecule has 0 atom stereocenters. The third-order valence-corrected chi connectivity index (χ3v) is 4.52. The van der Waals surface area contributed by atoms with Gasteiger partial charge in [0, 0.05) is 6.54 Å². The van der Waals surface area contributed by atoms with E-state index < -0.39 is 0 Å². The Kier molecular flexibility index (Phi) is 4.99. The van der Waals surface area contributed by atoms with E-state index >= 15 is 0 Å². The lowest BCUT2D eigenvalue weighted by molar-refractivity contribution is -0.121. The van der Waals surface area contributed by atoms with E-state index in [0.29, 0.717) is 28.3 Å². The van der Waals surface area contributed by atoms with Gasteiger partial charge in [0.1, 0.15) is 11.4 Å². The van der Waals surface area contributed by atoms with Crippen molar-refractivity contribution in [2.24, 2.45) is 0 Å². The Morgan fingerprint density at radius 2 is 2.04 bits per heavy atom. The highest BCUT2D eigenvalue weighted by Gasteiger charge is 2.10. The van der Waals surface area contributed by atoms with E-state index in [1.54, 1.807) is 37.8 Å². The van der Waals surface area contributed by atoms with Gasteiger partial charge in [0.15, 0.2) is 11.5 Å². The summed E-state index contributed by atoms with van der Waals surface area (Å²) >= 11 is 1.40. The molecule has 0 saturated heterocycles. The summed E-state index contributed by atoms with van der Waals surface area (Å²) in [5.74, 6) is 0.949. The summed E-state index contributed by atoms with van der Waals surface area (Å²) < 4.78 is 11.7. The highest BCUT2D eigenvalue weighted by Crippen LogP contribution is 2.27. The van der Waals surface area contributed by atoms with Gasteiger partial charge in [-0.2, -0.15) is 0 Å². The first-order valence-corrected chi connectivity index (χ1v) is 8.40. The maximum atomic E-state index is 12.3. The van der Waals surface area contributed by atoms with Gasteiger partial charge in [-0.05, 0) is 29.1 Å². The van der Waals surface area contributed by atoms with Gasteiger partial charge in [-0.15, -0.1) is 11.3 Å². The number of benzene rings is 1. The molecule has 8 heteroatoms.